The van der Waals surface area contributed by atoms with Crippen molar-refractivity contribution in [1.29, 1.82) is 5.26 Å². The Bertz CT molecular complexity index is 1280. The van der Waals surface area contributed by atoms with Gasteiger partial charge < -0.3 is 15.0 Å². The molecule has 1 saturated heterocycles. The number of H-pyrrole nitrogens is 1. The van der Waals surface area contributed by atoms with E-state index in [4.69, 9.17) is 4.74 Å². The molecule has 2 N–H and O–H groups in total. The summed E-state index contributed by atoms with van der Waals surface area (Å²) in [6.45, 7) is 1.58. The number of nitrogens with one attached hydrogen (secondary N) is 2. The molecule has 1 aliphatic heterocycles. The van der Waals surface area contributed by atoms with E-state index < -0.39 is 35.2 Å². The molecule has 1 amide bonds. The first-order valence-electron chi connectivity index (χ1n) is 11.0. The molecular weight excluding hydrogens is 482 g/mol. The Morgan fingerprint density at radius 1 is 1.28 bits per heavy atom. The van der Waals surface area contributed by atoms with Gasteiger partial charge in [-0.1, -0.05) is 0 Å². The average Bonchev–Trinajstić information content (AvgIpc) is 3.57. The van der Waals surface area contributed by atoms with Crippen LogP contribution in [0.15, 0.2) is 30.7 Å². The first-order valence-corrected chi connectivity index (χ1v) is 11.0. The zero-order valence-corrected chi connectivity index (χ0v) is 19.1. The SMILES string of the molecule is COc1ccc(C#N)c(CC(NC(=O)c2c[nH]nc2C(F)(F)F)c2cnc(N3CCCC3)nc2)c1F. The van der Waals surface area contributed by atoms with Crippen LogP contribution >= 0.6 is 0 Å². The zero-order chi connectivity index (χ0) is 25.9. The molecule has 4 rings (SSSR count). The normalized spacial score (nSPS) is 14.4. The van der Waals surface area contributed by atoms with Crippen LogP contribution in [0.25, 0.3) is 0 Å². The Morgan fingerprint density at radius 2 is 1.97 bits per heavy atom. The minimum atomic E-state index is -4.87. The first kappa shape index (κ1) is 24.9. The highest BCUT2D eigenvalue weighted by atomic mass is 19.4. The van der Waals surface area contributed by atoms with Crippen molar-refractivity contribution in [2.75, 3.05) is 25.1 Å². The number of halogens is 4. The number of nitrogens with zero attached hydrogens (tertiary/aromatic N) is 5. The van der Waals surface area contributed by atoms with E-state index in [1.165, 1.54) is 31.6 Å². The lowest BCUT2D eigenvalue weighted by molar-refractivity contribution is -0.141. The lowest BCUT2D eigenvalue weighted by atomic mass is 9.96. The molecule has 0 saturated carbocycles. The minimum Gasteiger partial charge on any atom is -0.494 e. The molecule has 1 fully saturated rings. The summed E-state index contributed by atoms with van der Waals surface area (Å²) >= 11 is 0. The van der Waals surface area contributed by atoms with Gasteiger partial charge in [0.25, 0.3) is 5.91 Å². The number of rotatable bonds is 7. The van der Waals surface area contributed by atoms with Crippen molar-refractivity contribution in [1.82, 2.24) is 25.5 Å². The summed E-state index contributed by atoms with van der Waals surface area (Å²) in [5.41, 5.74) is -1.89. The standard InChI is InChI=1S/C23H21F4N7O2/c1-36-18-5-4-13(9-28)15(19(18)24)8-17(14-10-29-22(30-11-14)34-6-2-3-7-34)32-21(35)16-12-31-33-20(16)23(25,26)27/h4-5,10-12,17H,2-3,6-8H2,1H3,(H,31,33)(H,32,35). The number of carbonyl (C=O) groups is 1. The zero-order valence-electron chi connectivity index (χ0n) is 19.1. The second kappa shape index (κ2) is 10.2. The Hall–Kier alpha value is -4.21. The fourth-order valence-electron chi connectivity index (χ4n) is 4.02. The monoisotopic (exact) mass is 503 g/mol. The molecule has 9 nitrogen and oxygen atoms in total. The number of hydrogen-bond acceptors (Lipinski definition) is 7. The summed E-state index contributed by atoms with van der Waals surface area (Å²) < 4.78 is 60.0. The van der Waals surface area contributed by atoms with Crippen LogP contribution in [0, 0.1) is 17.1 Å². The van der Waals surface area contributed by atoms with Crippen LogP contribution in [0.5, 0.6) is 5.75 Å². The molecule has 3 aromatic rings. The van der Waals surface area contributed by atoms with Crippen LogP contribution in [-0.2, 0) is 12.6 Å². The van der Waals surface area contributed by atoms with Gasteiger partial charge in [-0.05, 0) is 25.0 Å². The van der Waals surface area contributed by atoms with Crippen LogP contribution in [0.4, 0.5) is 23.5 Å². The van der Waals surface area contributed by atoms with Gasteiger partial charge in [0, 0.05) is 49.2 Å². The molecule has 36 heavy (non-hydrogen) atoms. The highest BCUT2D eigenvalue weighted by Crippen LogP contribution is 2.32. The molecular formula is C23H21F4N7O2. The number of carbonyl (C=O) groups excluding carboxylic acids is 1. The van der Waals surface area contributed by atoms with Crippen LogP contribution in [-0.4, -0.2) is 46.3 Å². The predicted molar refractivity (Wildman–Crippen MR) is 119 cm³/mol. The van der Waals surface area contributed by atoms with Crippen molar-refractivity contribution < 1.29 is 27.1 Å². The van der Waals surface area contributed by atoms with E-state index in [2.05, 4.69) is 20.4 Å². The fraction of sp³-hybridized carbons (Fsp3) is 0.348. The first-order chi connectivity index (χ1) is 17.2. The maximum atomic E-state index is 15.1. The Kier molecular flexibility index (Phi) is 7.05. The topological polar surface area (TPSA) is 120 Å². The smallest absolute Gasteiger partial charge is 0.435 e. The maximum absolute atomic E-state index is 15.1. The molecule has 1 aliphatic rings. The van der Waals surface area contributed by atoms with E-state index in [1.807, 2.05) is 16.1 Å². The van der Waals surface area contributed by atoms with Gasteiger partial charge in [-0.25, -0.2) is 14.4 Å². The number of anilines is 1. The lowest BCUT2D eigenvalue weighted by Crippen LogP contribution is -2.32. The molecule has 0 spiro atoms. The molecule has 13 heteroatoms. The number of methoxy groups -OCH3 is 1. The molecule has 0 radical (unpaired) electrons. The number of hydrogen-bond donors (Lipinski definition) is 2. The van der Waals surface area contributed by atoms with Crippen molar-refractivity contribution in [3.05, 3.63) is 64.5 Å². The third-order valence-corrected chi connectivity index (χ3v) is 5.86. The number of alkyl halides is 3. The second-order valence-corrected chi connectivity index (χ2v) is 8.11. The van der Waals surface area contributed by atoms with Gasteiger partial charge in [0.1, 0.15) is 0 Å². The van der Waals surface area contributed by atoms with Gasteiger partial charge in [-0.2, -0.15) is 23.5 Å². The molecule has 1 atom stereocenters. The van der Waals surface area contributed by atoms with E-state index in [0.717, 1.165) is 32.1 Å². The van der Waals surface area contributed by atoms with Crippen LogP contribution < -0.4 is 15.0 Å². The number of aromatic nitrogens is 4. The quantitative estimate of drug-likeness (QED) is 0.473. The highest BCUT2D eigenvalue weighted by molar-refractivity contribution is 5.95. The van der Waals surface area contributed by atoms with Gasteiger partial charge in [-0.15, -0.1) is 0 Å². The highest BCUT2D eigenvalue weighted by Gasteiger charge is 2.39. The van der Waals surface area contributed by atoms with E-state index in [-0.39, 0.29) is 23.3 Å². The number of nitriles is 1. The van der Waals surface area contributed by atoms with Crippen molar-refractivity contribution in [3.8, 4) is 11.8 Å². The number of aromatic amines is 1. The van der Waals surface area contributed by atoms with Crippen LogP contribution in [0.2, 0.25) is 0 Å². The summed E-state index contributed by atoms with van der Waals surface area (Å²) in [4.78, 5) is 23.5. The van der Waals surface area contributed by atoms with Gasteiger partial charge in [-0.3, -0.25) is 9.89 Å². The van der Waals surface area contributed by atoms with Crippen LogP contribution in [0.3, 0.4) is 0 Å². The van der Waals surface area contributed by atoms with Crippen molar-refractivity contribution in [2.24, 2.45) is 0 Å². The average molecular weight is 503 g/mol. The molecule has 1 aromatic carbocycles. The Morgan fingerprint density at radius 3 is 2.58 bits per heavy atom. The Labute approximate surface area is 203 Å². The third kappa shape index (κ3) is 5.07. The predicted octanol–water partition coefficient (Wildman–Crippen LogP) is 3.55. The summed E-state index contributed by atoms with van der Waals surface area (Å²) in [7, 11) is 1.26. The van der Waals surface area contributed by atoms with Gasteiger partial charge in [0.2, 0.25) is 5.95 Å². The van der Waals surface area contributed by atoms with Gasteiger partial charge >= 0.3 is 6.18 Å². The number of benzene rings is 1. The van der Waals surface area contributed by atoms with Crippen molar-refractivity contribution in [2.45, 2.75) is 31.5 Å². The second-order valence-electron chi connectivity index (χ2n) is 8.11. The van der Waals surface area contributed by atoms with Gasteiger partial charge in [0.05, 0.1) is 30.3 Å². The van der Waals surface area contributed by atoms with Crippen LogP contribution in [0.1, 0.15) is 51.6 Å². The summed E-state index contributed by atoms with van der Waals surface area (Å²) in [6, 6.07) is 3.47. The minimum absolute atomic E-state index is 0.0126. The molecule has 1 unspecified atom stereocenters. The summed E-state index contributed by atoms with van der Waals surface area (Å²) in [5, 5.41) is 17.2. The third-order valence-electron chi connectivity index (χ3n) is 5.86. The van der Waals surface area contributed by atoms with E-state index in [0.29, 0.717) is 11.5 Å². The van der Waals surface area contributed by atoms with E-state index in [9.17, 15) is 23.2 Å². The number of amides is 1. The number of ether oxygens (including phenoxy) is 1. The maximum Gasteiger partial charge on any atom is 0.435 e. The summed E-state index contributed by atoms with van der Waals surface area (Å²) in [5.74, 6) is -1.55. The molecule has 188 valence electrons. The largest absolute Gasteiger partial charge is 0.494 e. The fourth-order valence-corrected chi connectivity index (χ4v) is 4.02. The van der Waals surface area contributed by atoms with E-state index >= 15 is 4.39 Å². The summed E-state index contributed by atoms with van der Waals surface area (Å²) in [6.07, 6.45) is 0.545. The van der Waals surface area contributed by atoms with Crippen molar-refractivity contribution in [3.63, 3.8) is 0 Å². The van der Waals surface area contributed by atoms with E-state index in [1.54, 1.807) is 0 Å². The molecule has 0 aliphatic carbocycles. The van der Waals surface area contributed by atoms with Gasteiger partial charge in [0.15, 0.2) is 17.3 Å². The molecule has 0 bridgehead atoms. The molecule has 3 heterocycles. The molecule has 2 aromatic heterocycles. The lowest BCUT2D eigenvalue weighted by Gasteiger charge is -2.21. The van der Waals surface area contributed by atoms with Crippen molar-refractivity contribution >= 4 is 11.9 Å². The Balaban J connectivity index is 1.70.